The second-order valence-electron chi connectivity index (χ2n) is 6.47. The average Bonchev–Trinajstić information content (AvgIpc) is 2.82. The van der Waals surface area contributed by atoms with Crippen LogP contribution in [0.15, 0.2) is 0 Å². The number of nitrogens with zero attached hydrogens (tertiary/aromatic N) is 2. The van der Waals surface area contributed by atoms with E-state index in [1.807, 2.05) is 6.92 Å². The van der Waals surface area contributed by atoms with Crippen molar-refractivity contribution in [2.75, 3.05) is 0 Å². The molecule has 2 nitrogen and oxygen atoms in total. The minimum atomic E-state index is -2.71. The van der Waals surface area contributed by atoms with Crippen LogP contribution in [-0.2, 0) is 5.54 Å². The van der Waals surface area contributed by atoms with Gasteiger partial charge < -0.3 is 0 Å². The standard InChI is InChI=1S/C17H28Cl2F2N2/c1-4-6-8-9-10-12-17(3,11-7-5-2)23-15(19)13(18)14(22-23)16(20)21/h16H,4-12H2,1-3H3. The van der Waals surface area contributed by atoms with E-state index in [0.717, 1.165) is 38.5 Å². The largest absolute Gasteiger partial charge is 0.283 e. The second kappa shape index (κ2) is 9.83. The molecule has 0 amide bonds. The van der Waals surface area contributed by atoms with Gasteiger partial charge in [0.15, 0.2) is 0 Å². The van der Waals surface area contributed by atoms with Crippen LogP contribution in [0.25, 0.3) is 0 Å². The Bertz CT molecular complexity index is 477. The van der Waals surface area contributed by atoms with Crippen LogP contribution in [0.2, 0.25) is 10.2 Å². The van der Waals surface area contributed by atoms with Gasteiger partial charge in [-0.3, -0.25) is 0 Å². The van der Waals surface area contributed by atoms with Gasteiger partial charge in [0.25, 0.3) is 6.43 Å². The van der Waals surface area contributed by atoms with Crippen LogP contribution in [0.3, 0.4) is 0 Å². The molecule has 23 heavy (non-hydrogen) atoms. The second-order valence-corrected chi connectivity index (χ2v) is 7.20. The van der Waals surface area contributed by atoms with Gasteiger partial charge in [-0.25, -0.2) is 13.5 Å². The molecular formula is C17H28Cl2F2N2. The summed E-state index contributed by atoms with van der Waals surface area (Å²) in [5.74, 6) is 0. The van der Waals surface area contributed by atoms with E-state index in [1.54, 1.807) is 0 Å². The third-order valence-corrected chi connectivity index (χ3v) is 5.22. The number of alkyl halides is 2. The highest BCUT2D eigenvalue weighted by atomic mass is 35.5. The molecule has 1 atom stereocenters. The molecule has 6 heteroatoms. The molecule has 0 fully saturated rings. The number of aromatic nitrogens is 2. The van der Waals surface area contributed by atoms with Gasteiger partial charge in [0, 0.05) is 0 Å². The highest BCUT2D eigenvalue weighted by Gasteiger charge is 2.32. The Kier molecular flexibility index (Phi) is 8.84. The van der Waals surface area contributed by atoms with Gasteiger partial charge in [-0.1, -0.05) is 82.0 Å². The number of hydrogen-bond donors (Lipinski definition) is 0. The van der Waals surface area contributed by atoms with E-state index in [0.29, 0.717) is 0 Å². The Hall–Kier alpha value is -0.350. The van der Waals surface area contributed by atoms with Crippen LogP contribution in [-0.4, -0.2) is 9.78 Å². The van der Waals surface area contributed by atoms with Crippen molar-refractivity contribution >= 4 is 23.2 Å². The molecule has 0 aliphatic carbocycles. The lowest BCUT2D eigenvalue weighted by molar-refractivity contribution is 0.141. The summed E-state index contributed by atoms with van der Waals surface area (Å²) in [5, 5.41) is 4.07. The summed E-state index contributed by atoms with van der Waals surface area (Å²) in [6, 6.07) is 0. The first-order valence-corrected chi connectivity index (χ1v) is 9.35. The summed E-state index contributed by atoms with van der Waals surface area (Å²) in [7, 11) is 0. The van der Waals surface area contributed by atoms with Crippen LogP contribution in [0, 0.1) is 0 Å². The van der Waals surface area contributed by atoms with Gasteiger partial charge in [-0.15, -0.1) is 0 Å². The van der Waals surface area contributed by atoms with E-state index in [1.165, 1.54) is 23.9 Å². The molecule has 0 aromatic carbocycles. The molecule has 0 saturated heterocycles. The highest BCUT2D eigenvalue weighted by molar-refractivity contribution is 6.41. The Morgan fingerprint density at radius 3 is 2.09 bits per heavy atom. The van der Waals surface area contributed by atoms with Crippen molar-refractivity contribution in [3.8, 4) is 0 Å². The van der Waals surface area contributed by atoms with E-state index in [2.05, 4.69) is 18.9 Å². The number of halogens is 4. The molecule has 0 spiro atoms. The first kappa shape index (κ1) is 20.7. The minimum Gasteiger partial charge on any atom is -0.246 e. The van der Waals surface area contributed by atoms with E-state index < -0.39 is 12.1 Å². The van der Waals surface area contributed by atoms with E-state index in [9.17, 15) is 8.78 Å². The molecule has 0 radical (unpaired) electrons. The Labute approximate surface area is 148 Å². The van der Waals surface area contributed by atoms with Crippen molar-refractivity contribution < 1.29 is 8.78 Å². The fourth-order valence-corrected chi connectivity index (χ4v) is 3.43. The zero-order valence-electron chi connectivity index (χ0n) is 14.3. The topological polar surface area (TPSA) is 17.8 Å². The van der Waals surface area contributed by atoms with Gasteiger partial charge >= 0.3 is 0 Å². The van der Waals surface area contributed by atoms with Crippen molar-refractivity contribution in [2.45, 2.75) is 90.5 Å². The maximum Gasteiger partial charge on any atom is 0.283 e. The Morgan fingerprint density at radius 1 is 1.00 bits per heavy atom. The molecule has 0 bridgehead atoms. The molecule has 134 valence electrons. The maximum absolute atomic E-state index is 13.0. The number of unbranched alkanes of at least 4 members (excludes halogenated alkanes) is 5. The minimum absolute atomic E-state index is 0.115. The fraction of sp³-hybridized carbons (Fsp3) is 0.824. The molecular weight excluding hydrogens is 341 g/mol. The van der Waals surface area contributed by atoms with Crippen LogP contribution in [0.1, 0.15) is 90.7 Å². The third-order valence-electron chi connectivity index (χ3n) is 4.41. The van der Waals surface area contributed by atoms with Crippen molar-refractivity contribution in [3.05, 3.63) is 15.9 Å². The van der Waals surface area contributed by atoms with Gasteiger partial charge in [-0.2, -0.15) is 5.10 Å². The van der Waals surface area contributed by atoms with Crippen molar-refractivity contribution in [3.63, 3.8) is 0 Å². The van der Waals surface area contributed by atoms with Crippen molar-refractivity contribution in [1.29, 1.82) is 0 Å². The monoisotopic (exact) mass is 368 g/mol. The lowest BCUT2D eigenvalue weighted by Crippen LogP contribution is -2.31. The highest BCUT2D eigenvalue weighted by Crippen LogP contribution is 2.39. The normalized spacial score (nSPS) is 14.4. The smallest absolute Gasteiger partial charge is 0.246 e. The predicted octanol–water partition coefficient (Wildman–Crippen LogP) is 7.39. The summed E-state index contributed by atoms with van der Waals surface area (Å²) in [4.78, 5) is 0. The van der Waals surface area contributed by atoms with Crippen LogP contribution < -0.4 is 0 Å². The van der Waals surface area contributed by atoms with Crippen LogP contribution >= 0.6 is 23.2 Å². The summed E-state index contributed by atoms with van der Waals surface area (Å²) < 4.78 is 27.6. The number of rotatable bonds is 11. The lowest BCUT2D eigenvalue weighted by Gasteiger charge is -2.31. The fourth-order valence-electron chi connectivity index (χ4n) is 2.90. The number of hydrogen-bond acceptors (Lipinski definition) is 1. The van der Waals surface area contributed by atoms with Crippen molar-refractivity contribution in [2.24, 2.45) is 0 Å². The Balaban J connectivity index is 2.93. The molecule has 0 aliphatic heterocycles. The zero-order valence-corrected chi connectivity index (χ0v) is 15.9. The molecule has 0 N–H and O–H groups in total. The summed E-state index contributed by atoms with van der Waals surface area (Å²) in [6.45, 7) is 6.35. The predicted molar refractivity (Wildman–Crippen MR) is 93.8 cm³/mol. The third kappa shape index (κ3) is 5.60. The average molecular weight is 369 g/mol. The van der Waals surface area contributed by atoms with Crippen molar-refractivity contribution in [1.82, 2.24) is 9.78 Å². The molecule has 1 aromatic rings. The van der Waals surface area contributed by atoms with E-state index >= 15 is 0 Å². The molecule has 1 rings (SSSR count). The van der Waals surface area contributed by atoms with Gasteiger partial charge in [-0.05, 0) is 19.8 Å². The van der Waals surface area contributed by atoms with E-state index in [4.69, 9.17) is 23.2 Å². The lowest BCUT2D eigenvalue weighted by atomic mass is 9.88. The summed E-state index contributed by atoms with van der Waals surface area (Å²) >= 11 is 12.2. The summed E-state index contributed by atoms with van der Waals surface area (Å²) in [5.41, 5.74) is -0.777. The summed E-state index contributed by atoms with van der Waals surface area (Å²) in [6.07, 6.45) is 6.89. The molecule has 1 heterocycles. The maximum atomic E-state index is 13.0. The Morgan fingerprint density at radius 2 is 1.57 bits per heavy atom. The van der Waals surface area contributed by atoms with Gasteiger partial charge in [0.1, 0.15) is 15.9 Å². The van der Waals surface area contributed by atoms with Gasteiger partial charge in [0.2, 0.25) is 0 Å². The van der Waals surface area contributed by atoms with Crippen LogP contribution in [0.4, 0.5) is 8.78 Å². The molecule has 1 unspecified atom stereocenters. The zero-order chi connectivity index (χ0) is 17.5. The molecule has 0 saturated carbocycles. The van der Waals surface area contributed by atoms with Gasteiger partial charge in [0.05, 0.1) is 5.54 Å². The van der Waals surface area contributed by atoms with E-state index in [-0.39, 0.29) is 15.7 Å². The molecule has 1 aromatic heterocycles. The SMILES string of the molecule is CCCCCCCC(C)(CCCC)n1nc(C(F)F)c(Cl)c1Cl. The van der Waals surface area contributed by atoms with Crippen LogP contribution in [0.5, 0.6) is 0 Å². The first-order chi connectivity index (χ1) is 10.9. The molecule has 0 aliphatic rings. The first-order valence-electron chi connectivity index (χ1n) is 8.60. The quantitative estimate of drug-likeness (QED) is 0.372.